The van der Waals surface area contributed by atoms with Gasteiger partial charge < -0.3 is 4.55 Å². The molecule has 0 aliphatic heterocycles. The Kier molecular flexibility index (Phi) is 22.4. The molecule has 18 heavy (non-hydrogen) atoms. The maximum absolute atomic E-state index is 10.3. The number of unbranched alkanes of at least 4 members (excludes halogenated alkanes) is 9. The average molecular weight is 328 g/mol. The monoisotopic (exact) mass is 328 g/mol. The molecule has 0 saturated carbocycles. The summed E-state index contributed by atoms with van der Waals surface area (Å²) in [7, 11) is -3.98. The smallest absolute Gasteiger partial charge is 0.748 e. The summed E-state index contributed by atoms with van der Waals surface area (Å²) in [6.45, 7) is 2.21. The third-order valence-corrected chi connectivity index (χ3v) is 3.54. The van der Waals surface area contributed by atoms with Crippen molar-refractivity contribution in [3.63, 3.8) is 0 Å². The van der Waals surface area contributed by atoms with Gasteiger partial charge >= 0.3 is 29.6 Å². The van der Waals surface area contributed by atoms with Gasteiger partial charge in [0.2, 0.25) is 0 Å². The van der Waals surface area contributed by atoms with E-state index in [9.17, 15) is 13.0 Å². The Balaban J connectivity index is -0.00000112. The minimum absolute atomic E-state index is 0. The first-order valence-corrected chi connectivity index (χ1v) is 8.07. The van der Waals surface area contributed by atoms with Crippen molar-refractivity contribution in [2.24, 2.45) is 0 Å². The van der Waals surface area contributed by atoms with Crippen LogP contribution in [0.3, 0.4) is 0 Å². The van der Waals surface area contributed by atoms with Gasteiger partial charge in [-0.15, -0.1) is 0 Å². The van der Waals surface area contributed by atoms with Crippen LogP contribution in [0.1, 0.15) is 71.1 Å². The minimum Gasteiger partial charge on any atom is -0.748 e. The van der Waals surface area contributed by atoms with Gasteiger partial charge in [-0.25, -0.2) is 8.42 Å². The molecule has 0 bridgehead atoms. The molecule has 0 aliphatic rings. The minimum atomic E-state index is -3.98. The Hall–Kier alpha value is 1.43. The van der Waals surface area contributed by atoms with E-state index >= 15 is 0 Å². The van der Waals surface area contributed by atoms with Gasteiger partial charge in [-0.05, 0) is 6.42 Å². The fraction of sp³-hybridized carbons (Fsp3) is 1.00. The van der Waals surface area contributed by atoms with Crippen LogP contribution >= 0.6 is 0 Å². The van der Waals surface area contributed by atoms with E-state index < -0.39 is 10.1 Å². The zero-order chi connectivity index (χ0) is 12.3. The van der Waals surface area contributed by atoms with Crippen LogP contribution in [0, 0.1) is 0 Å². The van der Waals surface area contributed by atoms with Crippen LogP contribution in [-0.4, -0.2) is 18.7 Å². The molecule has 0 radical (unpaired) electrons. The van der Waals surface area contributed by atoms with Crippen LogP contribution in [0.25, 0.3) is 0 Å². The molecular formula is C12H25FeNaO3S. The van der Waals surface area contributed by atoms with Crippen LogP contribution in [0.15, 0.2) is 0 Å². The van der Waals surface area contributed by atoms with Crippen molar-refractivity contribution < 1.29 is 59.6 Å². The Bertz CT molecular complexity index is 246. The first-order valence-electron chi connectivity index (χ1n) is 6.50. The molecular weight excluding hydrogens is 303 g/mol. The van der Waals surface area contributed by atoms with Gasteiger partial charge in [-0.1, -0.05) is 64.7 Å². The molecule has 0 amide bonds. The second kappa shape index (κ2) is 16.5. The molecule has 0 rings (SSSR count). The van der Waals surface area contributed by atoms with Crippen molar-refractivity contribution in [3.05, 3.63) is 0 Å². The Morgan fingerprint density at radius 1 is 0.778 bits per heavy atom. The maximum Gasteiger partial charge on any atom is 1.00 e. The van der Waals surface area contributed by atoms with Crippen molar-refractivity contribution in [3.8, 4) is 0 Å². The summed E-state index contributed by atoms with van der Waals surface area (Å²) >= 11 is 0. The largest absolute Gasteiger partial charge is 1.00 e. The van der Waals surface area contributed by atoms with Crippen molar-refractivity contribution >= 4 is 10.1 Å². The third kappa shape index (κ3) is 22.6. The Labute approximate surface area is 145 Å². The third-order valence-electron chi connectivity index (χ3n) is 2.75. The molecule has 0 unspecified atom stereocenters. The first-order chi connectivity index (χ1) is 7.56. The van der Waals surface area contributed by atoms with Gasteiger partial charge in [-0.3, -0.25) is 0 Å². The molecule has 0 aromatic heterocycles. The van der Waals surface area contributed by atoms with E-state index in [2.05, 4.69) is 6.92 Å². The SMILES string of the molecule is CCCCCCCCCCCCS(=O)(=O)[O-].[Fe].[Na+]. The van der Waals surface area contributed by atoms with Gasteiger partial charge in [0.05, 0.1) is 10.1 Å². The quantitative estimate of drug-likeness (QED) is 0.314. The van der Waals surface area contributed by atoms with Gasteiger partial charge in [-0.2, -0.15) is 0 Å². The van der Waals surface area contributed by atoms with Crippen molar-refractivity contribution in [2.75, 3.05) is 5.75 Å². The molecule has 0 heterocycles. The van der Waals surface area contributed by atoms with E-state index in [1.807, 2.05) is 0 Å². The molecule has 0 saturated heterocycles. The molecule has 0 spiro atoms. The average Bonchev–Trinajstić information content (AvgIpc) is 2.19. The topological polar surface area (TPSA) is 57.2 Å². The van der Waals surface area contributed by atoms with E-state index in [0.717, 1.165) is 12.8 Å². The summed E-state index contributed by atoms with van der Waals surface area (Å²) in [6, 6.07) is 0. The summed E-state index contributed by atoms with van der Waals surface area (Å²) < 4.78 is 30.9. The summed E-state index contributed by atoms with van der Waals surface area (Å²) in [5.74, 6) is -0.191. The molecule has 3 nitrogen and oxygen atoms in total. The molecule has 0 N–H and O–H groups in total. The van der Waals surface area contributed by atoms with Crippen molar-refractivity contribution in [1.82, 2.24) is 0 Å². The molecule has 0 atom stereocenters. The second-order valence-electron chi connectivity index (χ2n) is 4.44. The van der Waals surface area contributed by atoms with E-state index in [-0.39, 0.29) is 52.4 Å². The van der Waals surface area contributed by atoms with Gasteiger partial charge in [0.15, 0.2) is 0 Å². The standard InChI is InChI=1S/C12H26O3S.Fe.Na/c1-2-3-4-5-6-7-8-9-10-11-12-16(13,14)15;;/h2-12H2,1H3,(H,13,14,15);;/q;;+1/p-1. The number of hydrogen-bond acceptors (Lipinski definition) is 3. The second-order valence-corrected chi connectivity index (χ2v) is 5.97. The molecule has 106 valence electrons. The van der Waals surface area contributed by atoms with Gasteiger partial charge in [0.25, 0.3) is 0 Å². The number of rotatable bonds is 11. The summed E-state index contributed by atoms with van der Waals surface area (Å²) in [4.78, 5) is 0. The fourth-order valence-corrected chi connectivity index (χ4v) is 2.32. The van der Waals surface area contributed by atoms with Crippen LogP contribution in [0.2, 0.25) is 0 Å². The van der Waals surface area contributed by atoms with Gasteiger partial charge in [0.1, 0.15) is 0 Å². The molecule has 0 aromatic rings. The molecule has 6 heteroatoms. The molecule has 0 fully saturated rings. The fourth-order valence-electron chi connectivity index (χ4n) is 1.77. The zero-order valence-electron chi connectivity index (χ0n) is 11.8. The molecule has 0 aliphatic carbocycles. The Morgan fingerprint density at radius 3 is 1.44 bits per heavy atom. The van der Waals surface area contributed by atoms with Crippen LogP contribution < -0.4 is 29.6 Å². The summed E-state index contributed by atoms with van der Waals surface area (Å²) in [5, 5.41) is 0. The van der Waals surface area contributed by atoms with Crippen molar-refractivity contribution in [2.45, 2.75) is 71.1 Å². The van der Waals surface area contributed by atoms with Crippen LogP contribution in [0.4, 0.5) is 0 Å². The van der Waals surface area contributed by atoms with Gasteiger partial charge in [0, 0.05) is 22.8 Å². The van der Waals surface area contributed by atoms with Crippen LogP contribution in [-0.2, 0) is 27.2 Å². The normalized spacial score (nSPS) is 10.6. The van der Waals surface area contributed by atoms with Crippen molar-refractivity contribution in [1.29, 1.82) is 0 Å². The summed E-state index contributed by atoms with van der Waals surface area (Å²) in [5.41, 5.74) is 0. The Morgan fingerprint density at radius 2 is 1.11 bits per heavy atom. The summed E-state index contributed by atoms with van der Waals surface area (Å²) in [6.07, 6.45) is 11.4. The predicted molar refractivity (Wildman–Crippen MR) is 66.4 cm³/mol. The zero-order valence-corrected chi connectivity index (χ0v) is 15.7. The van der Waals surface area contributed by atoms with Crippen LogP contribution in [0.5, 0.6) is 0 Å². The maximum atomic E-state index is 10.3. The number of hydrogen-bond donors (Lipinski definition) is 0. The predicted octanol–water partition coefficient (Wildman–Crippen LogP) is 0.454. The van der Waals surface area contributed by atoms with E-state index in [1.54, 1.807) is 0 Å². The molecule has 0 aromatic carbocycles. The van der Waals surface area contributed by atoms with E-state index in [0.29, 0.717) is 6.42 Å². The first kappa shape index (κ1) is 24.4. The van der Waals surface area contributed by atoms with E-state index in [1.165, 1.54) is 44.9 Å². The van der Waals surface area contributed by atoms with E-state index in [4.69, 9.17) is 0 Å².